The van der Waals surface area contributed by atoms with Crippen molar-refractivity contribution in [2.24, 2.45) is 0 Å². The normalized spacial score (nSPS) is 11.6. The van der Waals surface area contributed by atoms with E-state index in [1.807, 2.05) is 0 Å². The van der Waals surface area contributed by atoms with Crippen LogP contribution in [-0.2, 0) is 0 Å². The molecule has 2 aromatic heterocycles. The first-order valence-corrected chi connectivity index (χ1v) is 20.7. The molecule has 2 heterocycles. The summed E-state index contributed by atoms with van der Waals surface area (Å²) < 4.78 is 9.43. The number of oxazole rings is 1. The number of hydrogen-bond donors (Lipinski definition) is 0. The standard InChI is InChI=1S/C57H37N3O/c1-4-18-38(19-5-1)41-34-42(39-20-6-2-7-21-39)36-44(35-41)60(52-33-17-31-50-56(52)61-57(58-50)48-30-16-23-40-22-10-11-26-45(40)48)53-37-54-55(47-28-13-12-27-46(47)53)49-29-14-15-32-51(49)59(54)43-24-8-3-9-25-43/h1-37H. The van der Waals surface area contributed by atoms with Crippen molar-refractivity contribution in [1.82, 2.24) is 9.55 Å². The van der Waals surface area contributed by atoms with Gasteiger partial charge in [-0.1, -0.05) is 164 Å². The molecule has 12 rings (SSSR count). The molecule has 10 aromatic carbocycles. The number of benzene rings is 10. The van der Waals surface area contributed by atoms with Crippen LogP contribution in [-0.4, -0.2) is 9.55 Å². The molecule has 0 fully saturated rings. The summed E-state index contributed by atoms with van der Waals surface area (Å²) in [6, 6.07) is 79.9. The highest BCUT2D eigenvalue weighted by atomic mass is 16.3. The molecule has 4 heteroatoms. The lowest BCUT2D eigenvalue weighted by Crippen LogP contribution is -2.12. The largest absolute Gasteiger partial charge is 0.434 e. The number of nitrogens with zero attached hydrogens (tertiary/aromatic N) is 3. The van der Waals surface area contributed by atoms with Gasteiger partial charge in [0.1, 0.15) is 5.52 Å². The third-order valence-corrected chi connectivity index (χ3v) is 12.0. The number of fused-ring (bicyclic) bond motifs is 7. The van der Waals surface area contributed by atoms with Crippen molar-refractivity contribution in [3.8, 4) is 39.4 Å². The van der Waals surface area contributed by atoms with E-state index in [-0.39, 0.29) is 0 Å². The second-order valence-corrected chi connectivity index (χ2v) is 15.5. The molecule has 0 saturated carbocycles. The van der Waals surface area contributed by atoms with Crippen molar-refractivity contribution in [2.75, 3.05) is 4.90 Å². The zero-order valence-corrected chi connectivity index (χ0v) is 33.1. The lowest BCUT2D eigenvalue weighted by Gasteiger charge is -2.28. The van der Waals surface area contributed by atoms with E-state index >= 15 is 0 Å². The van der Waals surface area contributed by atoms with Crippen LogP contribution in [0, 0.1) is 0 Å². The maximum absolute atomic E-state index is 7.03. The first-order chi connectivity index (χ1) is 30.3. The molecule has 0 aliphatic rings. The molecule has 0 atom stereocenters. The third kappa shape index (κ3) is 5.80. The summed E-state index contributed by atoms with van der Waals surface area (Å²) in [6.07, 6.45) is 0. The van der Waals surface area contributed by atoms with Gasteiger partial charge in [0.25, 0.3) is 0 Å². The van der Waals surface area contributed by atoms with E-state index in [9.17, 15) is 0 Å². The quantitative estimate of drug-likeness (QED) is 0.162. The molecule has 0 N–H and O–H groups in total. The van der Waals surface area contributed by atoms with E-state index in [0.717, 1.165) is 83.3 Å². The van der Waals surface area contributed by atoms with E-state index < -0.39 is 0 Å². The third-order valence-electron chi connectivity index (χ3n) is 12.0. The van der Waals surface area contributed by atoms with Gasteiger partial charge in [-0.3, -0.25) is 0 Å². The zero-order valence-electron chi connectivity index (χ0n) is 33.1. The maximum Gasteiger partial charge on any atom is 0.228 e. The average molecular weight is 780 g/mol. The van der Waals surface area contributed by atoms with Gasteiger partial charge in [0.05, 0.1) is 22.4 Å². The molecule has 0 bridgehead atoms. The Morgan fingerprint density at radius 3 is 1.74 bits per heavy atom. The molecule has 0 aliphatic heterocycles. The smallest absolute Gasteiger partial charge is 0.228 e. The molecule has 0 saturated heterocycles. The first-order valence-electron chi connectivity index (χ1n) is 20.7. The molecule has 12 aromatic rings. The molecular formula is C57H37N3O. The minimum Gasteiger partial charge on any atom is -0.434 e. The van der Waals surface area contributed by atoms with Crippen LogP contribution in [0.3, 0.4) is 0 Å². The van der Waals surface area contributed by atoms with Gasteiger partial charge >= 0.3 is 0 Å². The summed E-state index contributed by atoms with van der Waals surface area (Å²) in [5, 5.41) is 6.98. The lowest BCUT2D eigenvalue weighted by atomic mass is 9.96. The molecule has 0 amide bonds. The van der Waals surface area contributed by atoms with Crippen molar-refractivity contribution in [3.05, 3.63) is 224 Å². The zero-order chi connectivity index (χ0) is 40.3. The molecule has 4 nitrogen and oxygen atoms in total. The van der Waals surface area contributed by atoms with Crippen molar-refractivity contribution < 1.29 is 4.42 Å². The van der Waals surface area contributed by atoms with Gasteiger partial charge in [0.2, 0.25) is 5.89 Å². The summed E-state index contributed by atoms with van der Waals surface area (Å²) in [5.74, 6) is 0.590. The Labute approximate surface area is 352 Å². The Kier molecular flexibility index (Phi) is 8.13. The van der Waals surface area contributed by atoms with E-state index in [0.29, 0.717) is 11.5 Å². The highest BCUT2D eigenvalue weighted by Crippen LogP contribution is 2.48. The van der Waals surface area contributed by atoms with Crippen LogP contribution in [0.1, 0.15) is 0 Å². The van der Waals surface area contributed by atoms with Gasteiger partial charge in [0.15, 0.2) is 5.58 Å². The Balaban J connectivity index is 1.21. The summed E-state index contributed by atoms with van der Waals surface area (Å²) in [5.41, 5.74) is 13.3. The van der Waals surface area contributed by atoms with Crippen molar-refractivity contribution in [3.63, 3.8) is 0 Å². The molecular weight excluding hydrogens is 743 g/mol. The Bertz CT molecular complexity index is 3530. The van der Waals surface area contributed by atoms with Crippen molar-refractivity contribution in [1.29, 1.82) is 0 Å². The SMILES string of the molecule is c1ccc(-c2cc(-c3ccccc3)cc(N(c3cc4c(c5ccccc35)c3ccccc3n4-c3ccccc3)c3cccc4nc(-c5cccc6ccccc56)oc34)c2)cc1. The Morgan fingerprint density at radius 1 is 0.410 bits per heavy atom. The van der Waals surface area contributed by atoms with Crippen LogP contribution in [0.5, 0.6) is 0 Å². The van der Waals surface area contributed by atoms with E-state index in [1.54, 1.807) is 0 Å². The fourth-order valence-corrected chi connectivity index (χ4v) is 9.23. The number of anilines is 3. The number of rotatable bonds is 7. The van der Waals surface area contributed by atoms with Crippen LogP contribution < -0.4 is 4.90 Å². The van der Waals surface area contributed by atoms with E-state index in [4.69, 9.17) is 9.40 Å². The van der Waals surface area contributed by atoms with E-state index in [1.165, 1.54) is 16.2 Å². The van der Waals surface area contributed by atoms with Gasteiger partial charge in [-0.2, -0.15) is 0 Å². The van der Waals surface area contributed by atoms with E-state index in [2.05, 4.69) is 234 Å². The van der Waals surface area contributed by atoms with Gasteiger partial charge in [-0.25, -0.2) is 4.98 Å². The minimum atomic E-state index is 0.590. The highest BCUT2D eigenvalue weighted by molar-refractivity contribution is 6.25. The van der Waals surface area contributed by atoms with Gasteiger partial charge in [0, 0.05) is 33.1 Å². The Hall–Kier alpha value is -8.21. The number of para-hydroxylation sites is 3. The fraction of sp³-hybridized carbons (Fsp3) is 0. The van der Waals surface area contributed by atoms with Gasteiger partial charge in [-0.05, 0) is 99.1 Å². The van der Waals surface area contributed by atoms with Crippen molar-refractivity contribution >= 4 is 71.5 Å². The van der Waals surface area contributed by atoms with Crippen LogP contribution in [0.2, 0.25) is 0 Å². The summed E-state index contributed by atoms with van der Waals surface area (Å²) in [6.45, 7) is 0. The molecule has 286 valence electrons. The first kappa shape index (κ1) is 34.8. The minimum absolute atomic E-state index is 0.590. The monoisotopic (exact) mass is 779 g/mol. The van der Waals surface area contributed by atoms with Gasteiger partial charge in [-0.15, -0.1) is 0 Å². The fourth-order valence-electron chi connectivity index (χ4n) is 9.23. The summed E-state index contributed by atoms with van der Waals surface area (Å²) in [7, 11) is 0. The van der Waals surface area contributed by atoms with Crippen LogP contribution >= 0.6 is 0 Å². The summed E-state index contributed by atoms with van der Waals surface area (Å²) in [4.78, 5) is 7.59. The van der Waals surface area contributed by atoms with Crippen molar-refractivity contribution in [2.45, 2.75) is 0 Å². The van der Waals surface area contributed by atoms with Crippen LogP contribution in [0.15, 0.2) is 229 Å². The second kappa shape index (κ2) is 14.3. The summed E-state index contributed by atoms with van der Waals surface area (Å²) >= 11 is 0. The molecule has 0 unspecified atom stereocenters. The maximum atomic E-state index is 7.03. The predicted molar refractivity (Wildman–Crippen MR) is 254 cm³/mol. The number of hydrogen-bond acceptors (Lipinski definition) is 3. The number of aromatic nitrogens is 2. The Morgan fingerprint density at radius 2 is 1.00 bits per heavy atom. The topological polar surface area (TPSA) is 34.2 Å². The predicted octanol–water partition coefficient (Wildman–Crippen LogP) is 15.7. The average Bonchev–Trinajstić information content (AvgIpc) is 3.92. The van der Waals surface area contributed by atoms with Gasteiger partial charge < -0.3 is 13.9 Å². The highest BCUT2D eigenvalue weighted by Gasteiger charge is 2.26. The molecule has 61 heavy (non-hydrogen) atoms. The molecule has 0 spiro atoms. The molecule has 0 radical (unpaired) electrons. The van der Waals surface area contributed by atoms with Crippen LogP contribution in [0.25, 0.3) is 93.8 Å². The lowest BCUT2D eigenvalue weighted by molar-refractivity contribution is 0.621. The second-order valence-electron chi connectivity index (χ2n) is 15.5. The molecule has 0 aliphatic carbocycles. The van der Waals surface area contributed by atoms with Crippen LogP contribution in [0.4, 0.5) is 17.1 Å².